The van der Waals surface area contributed by atoms with E-state index in [1.807, 2.05) is 0 Å². The van der Waals surface area contributed by atoms with Gasteiger partial charge in [-0.1, -0.05) is 6.92 Å². The smallest absolute Gasteiger partial charge is 0.308 e. The van der Waals surface area contributed by atoms with Gasteiger partial charge in [0.15, 0.2) is 0 Å². The summed E-state index contributed by atoms with van der Waals surface area (Å²) in [7, 11) is 0. The number of aliphatic carboxylic acids is 1. The maximum atomic E-state index is 13.3. The van der Waals surface area contributed by atoms with Crippen molar-refractivity contribution in [2.75, 3.05) is 6.54 Å². The van der Waals surface area contributed by atoms with Gasteiger partial charge >= 0.3 is 5.97 Å². The summed E-state index contributed by atoms with van der Waals surface area (Å²) in [6.45, 7) is 1.70. The molecule has 0 saturated heterocycles. The van der Waals surface area contributed by atoms with Crippen LogP contribution >= 0.6 is 15.9 Å². The fraction of sp³-hybridized carbons (Fsp3) is 0.429. The van der Waals surface area contributed by atoms with Crippen molar-refractivity contribution in [3.63, 3.8) is 0 Å². The van der Waals surface area contributed by atoms with Crippen molar-refractivity contribution in [3.05, 3.63) is 34.1 Å². The van der Waals surface area contributed by atoms with E-state index in [0.29, 0.717) is 4.47 Å². The molecule has 1 aliphatic rings. The van der Waals surface area contributed by atoms with Crippen LogP contribution in [0.5, 0.6) is 0 Å². The lowest BCUT2D eigenvalue weighted by molar-refractivity contribution is -0.141. The number of hydrogen-bond acceptors (Lipinski definition) is 2. The number of nitrogens with zero attached hydrogens (tertiary/aromatic N) is 1. The van der Waals surface area contributed by atoms with Gasteiger partial charge < -0.3 is 10.0 Å². The Kier molecular flexibility index (Phi) is 4.42. The molecule has 0 aliphatic heterocycles. The molecule has 1 saturated carbocycles. The number of carbonyl (C=O) groups is 2. The van der Waals surface area contributed by atoms with E-state index in [0.717, 1.165) is 12.8 Å². The first-order valence-corrected chi connectivity index (χ1v) is 7.18. The molecule has 2 rings (SSSR count). The second kappa shape index (κ2) is 5.91. The molecule has 1 aliphatic carbocycles. The molecule has 108 valence electrons. The van der Waals surface area contributed by atoms with Crippen LogP contribution in [-0.2, 0) is 4.79 Å². The van der Waals surface area contributed by atoms with Crippen molar-refractivity contribution in [1.82, 2.24) is 4.90 Å². The number of hydrogen-bond donors (Lipinski definition) is 1. The Morgan fingerprint density at radius 2 is 2.15 bits per heavy atom. The maximum Gasteiger partial charge on any atom is 0.308 e. The van der Waals surface area contributed by atoms with E-state index in [9.17, 15) is 14.0 Å². The molecule has 1 aromatic rings. The molecule has 0 aromatic heterocycles. The van der Waals surface area contributed by atoms with Crippen LogP contribution in [0.1, 0.15) is 30.1 Å². The first-order chi connectivity index (χ1) is 9.40. The molecule has 1 amide bonds. The van der Waals surface area contributed by atoms with E-state index in [1.54, 1.807) is 11.8 Å². The molecular weight excluding hydrogens is 329 g/mol. The first kappa shape index (κ1) is 15.0. The van der Waals surface area contributed by atoms with Crippen LogP contribution in [0.15, 0.2) is 22.7 Å². The fourth-order valence-electron chi connectivity index (χ4n) is 1.97. The van der Waals surface area contributed by atoms with Crippen molar-refractivity contribution >= 4 is 27.8 Å². The summed E-state index contributed by atoms with van der Waals surface area (Å²) >= 11 is 3.23. The third-order valence-corrected chi connectivity index (χ3v) is 3.99. The van der Waals surface area contributed by atoms with Crippen molar-refractivity contribution in [2.45, 2.75) is 25.8 Å². The predicted molar refractivity (Wildman–Crippen MR) is 75.0 cm³/mol. The molecule has 1 atom stereocenters. The highest BCUT2D eigenvalue weighted by Crippen LogP contribution is 2.30. The minimum atomic E-state index is -0.943. The average Bonchev–Trinajstić information content (AvgIpc) is 3.22. The van der Waals surface area contributed by atoms with Crippen LogP contribution in [0.25, 0.3) is 0 Å². The number of amides is 1. The van der Waals surface area contributed by atoms with E-state index in [2.05, 4.69) is 15.9 Å². The lowest BCUT2D eigenvalue weighted by atomic mass is 10.1. The molecular formula is C14H15BrFNO3. The predicted octanol–water partition coefficient (Wildman–Crippen LogP) is 2.91. The van der Waals surface area contributed by atoms with E-state index < -0.39 is 17.7 Å². The molecule has 0 heterocycles. The van der Waals surface area contributed by atoms with Gasteiger partial charge in [0.2, 0.25) is 0 Å². The highest BCUT2D eigenvalue weighted by Gasteiger charge is 2.35. The standard InChI is InChI=1S/C14H15BrFNO3/c1-8(14(19)20)7-17(10-3-4-10)13(18)11-6-9(16)2-5-12(11)15/h2,5-6,8,10H,3-4,7H2,1H3,(H,19,20)/t8-/m0/s1. The van der Waals surface area contributed by atoms with Gasteiger partial charge in [0.1, 0.15) is 5.82 Å². The lowest BCUT2D eigenvalue weighted by Gasteiger charge is -2.25. The molecule has 0 bridgehead atoms. The van der Waals surface area contributed by atoms with Gasteiger partial charge in [-0.05, 0) is 47.0 Å². The van der Waals surface area contributed by atoms with Gasteiger partial charge in [0.25, 0.3) is 5.91 Å². The quantitative estimate of drug-likeness (QED) is 0.894. The van der Waals surface area contributed by atoms with E-state index >= 15 is 0 Å². The van der Waals surface area contributed by atoms with Crippen molar-refractivity contribution in [3.8, 4) is 0 Å². The number of carbonyl (C=O) groups excluding carboxylic acids is 1. The van der Waals surface area contributed by atoms with Crippen LogP contribution in [-0.4, -0.2) is 34.5 Å². The van der Waals surface area contributed by atoms with Crippen molar-refractivity contribution in [1.29, 1.82) is 0 Å². The topological polar surface area (TPSA) is 57.6 Å². The SMILES string of the molecule is C[C@@H](CN(C(=O)c1cc(F)ccc1Br)C1CC1)C(=O)O. The second-order valence-electron chi connectivity index (χ2n) is 5.05. The van der Waals surface area contributed by atoms with Crippen LogP contribution in [0.3, 0.4) is 0 Å². The minimum Gasteiger partial charge on any atom is -0.481 e. The molecule has 1 N–H and O–H groups in total. The minimum absolute atomic E-state index is 0.0690. The van der Waals surface area contributed by atoms with Gasteiger partial charge in [0, 0.05) is 17.1 Å². The van der Waals surface area contributed by atoms with Crippen LogP contribution < -0.4 is 0 Å². The summed E-state index contributed by atoms with van der Waals surface area (Å²) in [6, 6.07) is 3.99. The Morgan fingerprint density at radius 3 is 2.70 bits per heavy atom. The molecule has 0 radical (unpaired) electrons. The van der Waals surface area contributed by atoms with Crippen LogP contribution in [0.4, 0.5) is 4.39 Å². The number of benzene rings is 1. The number of carboxylic acids is 1. The Morgan fingerprint density at radius 1 is 1.50 bits per heavy atom. The molecule has 0 unspecified atom stereocenters. The highest BCUT2D eigenvalue weighted by atomic mass is 79.9. The normalized spacial score (nSPS) is 15.8. The molecule has 4 nitrogen and oxygen atoms in total. The van der Waals surface area contributed by atoms with Gasteiger partial charge in [0.05, 0.1) is 11.5 Å². The zero-order valence-electron chi connectivity index (χ0n) is 11.0. The second-order valence-corrected chi connectivity index (χ2v) is 5.91. The summed E-state index contributed by atoms with van der Waals surface area (Å²) in [5, 5.41) is 8.98. The summed E-state index contributed by atoms with van der Waals surface area (Å²) < 4.78 is 13.8. The maximum absolute atomic E-state index is 13.3. The summed E-state index contributed by atoms with van der Waals surface area (Å²) in [5.74, 6) is -2.40. The monoisotopic (exact) mass is 343 g/mol. The van der Waals surface area contributed by atoms with Gasteiger partial charge in [-0.2, -0.15) is 0 Å². The Balaban J connectivity index is 2.23. The van der Waals surface area contributed by atoms with Crippen molar-refractivity contribution < 1.29 is 19.1 Å². The summed E-state index contributed by atoms with van der Waals surface area (Å²) in [6.07, 6.45) is 1.73. The zero-order valence-corrected chi connectivity index (χ0v) is 12.6. The fourth-order valence-corrected chi connectivity index (χ4v) is 2.39. The average molecular weight is 344 g/mol. The molecule has 20 heavy (non-hydrogen) atoms. The van der Waals surface area contributed by atoms with E-state index in [-0.39, 0.29) is 24.1 Å². The van der Waals surface area contributed by atoms with Gasteiger partial charge in [-0.25, -0.2) is 4.39 Å². The first-order valence-electron chi connectivity index (χ1n) is 6.39. The highest BCUT2D eigenvalue weighted by molar-refractivity contribution is 9.10. The van der Waals surface area contributed by atoms with E-state index in [4.69, 9.17) is 5.11 Å². The third-order valence-electron chi connectivity index (χ3n) is 3.30. The molecule has 6 heteroatoms. The van der Waals surface area contributed by atoms with Crippen molar-refractivity contribution in [2.24, 2.45) is 5.92 Å². The molecule has 0 spiro atoms. The Hall–Kier alpha value is -1.43. The summed E-state index contributed by atoms with van der Waals surface area (Å²) in [4.78, 5) is 25.0. The number of carboxylic acid groups (broad SMARTS) is 1. The number of rotatable bonds is 5. The zero-order chi connectivity index (χ0) is 14.9. The van der Waals surface area contributed by atoms with Gasteiger partial charge in [-0.15, -0.1) is 0 Å². The third kappa shape index (κ3) is 3.36. The Labute approximate surface area is 124 Å². The summed E-state index contributed by atoms with van der Waals surface area (Å²) in [5.41, 5.74) is 0.231. The van der Waals surface area contributed by atoms with E-state index in [1.165, 1.54) is 18.2 Å². The van der Waals surface area contributed by atoms with Crippen LogP contribution in [0.2, 0.25) is 0 Å². The van der Waals surface area contributed by atoms with Gasteiger partial charge in [-0.3, -0.25) is 9.59 Å². The Bertz CT molecular complexity index is 545. The lowest BCUT2D eigenvalue weighted by Crippen LogP contribution is -2.38. The van der Waals surface area contributed by atoms with Crippen LogP contribution in [0, 0.1) is 11.7 Å². The molecule has 1 aromatic carbocycles. The number of halogens is 2. The largest absolute Gasteiger partial charge is 0.481 e. The molecule has 1 fully saturated rings.